The number of rotatable bonds is 4. The number of nitrogens with zero attached hydrogens (tertiary/aromatic N) is 3. The van der Waals surface area contributed by atoms with Crippen LogP contribution < -0.4 is 0 Å². The monoisotopic (exact) mass is 273 g/mol. The van der Waals surface area contributed by atoms with Gasteiger partial charge in [0.15, 0.2) is 0 Å². The van der Waals surface area contributed by atoms with Crippen molar-refractivity contribution >= 4 is 11.6 Å². The maximum absolute atomic E-state index is 8.83. The topological polar surface area (TPSA) is 41.6 Å². The van der Waals surface area contributed by atoms with Crippen molar-refractivity contribution < 1.29 is 0 Å². The van der Waals surface area contributed by atoms with Crippen LogP contribution in [0.2, 0.25) is 5.02 Å². The minimum absolute atomic E-state index is 0.583. The summed E-state index contributed by atoms with van der Waals surface area (Å²) in [6, 6.07) is 9.61. The van der Waals surface area contributed by atoms with Crippen LogP contribution in [0.25, 0.3) is 0 Å². The van der Waals surface area contributed by atoms with Gasteiger partial charge < -0.3 is 0 Å². The highest BCUT2D eigenvalue weighted by Crippen LogP contribution is 2.19. The van der Waals surface area contributed by atoms with E-state index in [0.29, 0.717) is 17.1 Å². The van der Waals surface area contributed by atoms with Crippen molar-refractivity contribution in [3.05, 3.63) is 51.8 Å². The molecule has 2 rings (SSSR count). The van der Waals surface area contributed by atoms with E-state index in [2.05, 4.69) is 31.1 Å². The Balaban J connectivity index is 2.31. The first-order chi connectivity index (χ1) is 9.17. The Bertz CT molecular complexity index is 623. The van der Waals surface area contributed by atoms with E-state index in [1.807, 2.05) is 10.7 Å². The fraction of sp³-hybridized carbons (Fsp3) is 0.333. The van der Waals surface area contributed by atoms with Gasteiger partial charge in [-0.15, -0.1) is 0 Å². The van der Waals surface area contributed by atoms with Gasteiger partial charge in [0, 0.05) is 10.7 Å². The van der Waals surface area contributed by atoms with Gasteiger partial charge in [-0.2, -0.15) is 10.4 Å². The van der Waals surface area contributed by atoms with E-state index >= 15 is 0 Å². The third-order valence-electron chi connectivity index (χ3n) is 3.14. The Morgan fingerprint density at radius 3 is 2.63 bits per heavy atom. The van der Waals surface area contributed by atoms with Crippen molar-refractivity contribution in [3.8, 4) is 6.07 Å². The van der Waals surface area contributed by atoms with E-state index in [0.717, 1.165) is 24.1 Å². The van der Waals surface area contributed by atoms with Crippen molar-refractivity contribution in [2.45, 2.75) is 33.2 Å². The standard InChI is InChI=1S/C15H16ClN3/c1-3-13-8-14(4-2)19(18-13)10-12-6-5-11(9-17)7-15(12)16/h5-8H,3-4,10H2,1-2H3. The van der Waals surface area contributed by atoms with Crippen LogP contribution in [0.3, 0.4) is 0 Å². The minimum atomic E-state index is 0.583. The lowest BCUT2D eigenvalue weighted by molar-refractivity contribution is 0.640. The SMILES string of the molecule is CCc1cc(CC)n(Cc2ccc(C#N)cc2Cl)n1. The molecule has 0 saturated heterocycles. The lowest BCUT2D eigenvalue weighted by Crippen LogP contribution is -2.06. The summed E-state index contributed by atoms with van der Waals surface area (Å²) in [6.07, 6.45) is 1.88. The van der Waals surface area contributed by atoms with Gasteiger partial charge in [0.05, 0.1) is 23.9 Å². The molecule has 0 N–H and O–H groups in total. The zero-order valence-corrected chi connectivity index (χ0v) is 11.9. The van der Waals surface area contributed by atoms with Gasteiger partial charge in [-0.3, -0.25) is 4.68 Å². The number of nitriles is 1. The number of halogens is 1. The molecule has 0 atom stereocenters. The van der Waals surface area contributed by atoms with Gasteiger partial charge >= 0.3 is 0 Å². The Morgan fingerprint density at radius 1 is 1.26 bits per heavy atom. The van der Waals surface area contributed by atoms with Gasteiger partial charge in [-0.05, 0) is 36.6 Å². The summed E-state index contributed by atoms with van der Waals surface area (Å²) < 4.78 is 1.99. The number of hydrogen-bond acceptors (Lipinski definition) is 2. The van der Waals surface area contributed by atoms with Crippen LogP contribution in [0.15, 0.2) is 24.3 Å². The first-order valence-electron chi connectivity index (χ1n) is 6.42. The maximum atomic E-state index is 8.83. The molecule has 1 heterocycles. The molecule has 1 aromatic carbocycles. The van der Waals surface area contributed by atoms with Gasteiger partial charge in [0.2, 0.25) is 0 Å². The fourth-order valence-electron chi connectivity index (χ4n) is 2.02. The molecule has 0 aliphatic rings. The first-order valence-corrected chi connectivity index (χ1v) is 6.79. The highest BCUT2D eigenvalue weighted by Gasteiger charge is 2.08. The molecular formula is C15H16ClN3. The van der Waals surface area contributed by atoms with Crippen molar-refractivity contribution in [2.24, 2.45) is 0 Å². The average Bonchev–Trinajstić information content (AvgIpc) is 2.83. The van der Waals surface area contributed by atoms with Crippen LogP contribution in [0.1, 0.15) is 36.4 Å². The van der Waals surface area contributed by atoms with Crippen LogP contribution in [0.4, 0.5) is 0 Å². The Morgan fingerprint density at radius 2 is 2.05 bits per heavy atom. The Labute approximate surface area is 118 Å². The molecule has 0 aliphatic heterocycles. The highest BCUT2D eigenvalue weighted by atomic mass is 35.5. The molecule has 0 amide bonds. The van der Waals surface area contributed by atoms with Crippen molar-refractivity contribution in [1.82, 2.24) is 9.78 Å². The molecule has 0 fully saturated rings. The van der Waals surface area contributed by atoms with Crippen molar-refractivity contribution in [3.63, 3.8) is 0 Å². The quantitative estimate of drug-likeness (QED) is 0.854. The predicted octanol–water partition coefficient (Wildman–Crippen LogP) is 3.58. The van der Waals surface area contributed by atoms with Gasteiger partial charge in [0.1, 0.15) is 0 Å². The predicted molar refractivity (Wildman–Crippen MR) is 76.3 cm³/mol. The van der Waals surface area contributed by atoms with Crippen LogP contribution >= 0.6 is 11.6 Å². The lowest BCUT2D eigenvalue weighted by atomic mass is 10.1. The van der Waals surface area contributed by atoms with E-state index < -0.39 is 0 Å². The minimum Gasteiger partial charge on any atom is -0.265 e. The Kier molecular flexibility index (Phi) is 4.24. The number of benzene rings is 1. The van der Waals surface area contributed by atoms with E-state index in [-0.39, 0.29) is 0 Å². The molecule has 3 nitrogen and oxygen atoms in total. The van der Waals surface area contributed by atoms with Crippen LogP contribution in [-0.4, -0.2) is 9.78 Å². The lowest BCUT2D eigenvalue weighted by Gasteiger charge is -2.08. The zero-order chi connectivity index (χ0) is 13.8. The molecule has 0 unspecified atom stereocenters. The third kappa shape index (κ3) is 2.97. The molecule has 0 radical (unpaired) electrons. The second-order valence-corrected chi connectivity index (χ2v) is 4.82. The first kappa shape index (κ1) is 13.6. The summed E-state index contributed by atoms with van der Waals surface area (Å²) in [5, 5.41) is 14.0. The summed E-state index contributed by atoms with van der Waals surface area (Å²) >= 11 is 6.20. The normalized spacial score (nSPS) is 10.4. The molecule has 19 heavy (non-hydrogen) atoms. The van der Waals surface area contributed by atoms with E-state index in [4.69, 9.17) is 16.9 Å². The fourth-order valence-corrected chi connectivity index (χ4v) is 2.26. The number of aryl methyl sites for hydroxylation is 2. The van der Waals surface area contributed by atoms with E-state index in [1.165, 1.54) is 5.69 Å². The van der Waals surface area contributed by atoms with E-state index in [1.54, 1.807) is 12.1 Å². The molecular weight excluding hydrogens is 258 g/mol. The molecule has 0 spiro atoms. The number of hydrogen-bond donors (Lipinski definition) is 0. The van der Waals surface area contributed by atoms with Gasteiger partial charge in [-0.1, -0.05) is 31.5 Å². The second-order valence-electron chi connectivity index (χ2n) is 4.41. The number of aromatic nitrogens is 2. The van der Waals surface area contributed by atoms with Crippen LogP contribution in [-0.2, 0) is 19.4 Å². The zero-order valence-electron chi connectivity index (χ0n) is 11.2. The molecule has 0 bridgehead atoms. The summed E-state index contributed by atoms with van der Waals surface area (Å²) in [5.41, 5.74) is 3.87. The van der Waals surface area contributed by atoms with E-state index in [9.17, 15) is 0 Å². The smallest absolute Gasteiger partial charge is 0.0992 e. The molecule has 2 aromatic rings. The van der Waals surface area contributed by atoms with Gasteiger partial charge in [-0.25, -0.2) is 0 Å². The molecule has 98 valence electrons. The summed E-state index contributed by atoms with van der Waals surface area (Å²) in [4.78, 5) is 0. The summed E-state index contributed by atoms with van der Waals surface area (Å²) in [6.45, 7) is 4.86. The van der Waals surface area contributed by atoms with Crippen molar-refractivity contribution in [1.29, 1.82) is 5.26 Å². The Hall–Kier alpha value is -1.79. The van der Waals surface area contributed by atoms with Crippen molar-refractivity contribution in [2.75, 3.05) is 0 Å². The largest absolute Gasteiger partial charge is 0.265 e. The average molecular weight is 274 g/mol. The van der Waals surface area contributed by atoms with Gasteiger partial charge in [0.25, 0.3) is 0 Å². The molecule has 0 aliphatic carbocycles. The molecule has 0 saturated carbocycles. The second kappa shape index (κ2) is 5.90. The molecule has 1 aromatic heterocycles. The maximum Gasteiger partial charge on any atom is 0.0992 e. The summed E-state index contributed by atoms with van der Waals surface area (Å²) in [5.74, 6) is 0. The summed E-state index contributed by atoms with van der Waals surface area (Å²) in [7, 11) is 0. The third-order valence-corrected chi connectivity index (χ3v) is 3.49. The van der Waals surface area contributed by atoms with Crippen LogP contribution in [0.5, 0.6) is 0 Å². The van der Waals surface area contributed by atoms with Crippen LogP contribution in [0, 0.1) is 11.3 Å². The highest BCUT2D eigenvalue weighted by molar-refractivity contribution is 6.31. The molecule has 4 heteroatoms.